The number of halogens is 3. The second-order valence-corrected chi connectivity index (χ2v) is 6.05. The summed E-state index contributed by atoms with van der Waals surface area (Å²) in [5.74, 6) is -3.17. The van der Waals surface area contributed by atoms with Gasteiger partial charge in [0.05, 0.1) is 17.5 Å². The van der Waals surface area contributed by atoms with Crippen molar-refractivity contribution in [2.24, 2.45) is 0 Å². The third kappa shape index (κ3) is 4.16. The highest BCUT2D eigenvalue weighted by Gasteiger charge is 2.43. The fraction of sp³-hybridized carbons (Fsp3) is 0.533. The Bertz CT molecular complexity index is 653. The molecule has 1 aromatic carbocycles. The zero-order chi connectivity index (χ0) is 17.3. The van der Waals surface area contributed by atoms with E-state index in [0.717, 1.165) is 0 Å². The number of hydrogen-bond acceptors (Lipinski definition) is 5. The van der Waals surface area contributed by atoms with E-state index in [2.05, 4.69) is 5.32 Å². The number of nitro groups is 1. The molecule has 138 valence electrons. The predicted octanol–water partition coefficient (Wildman–Crippen LogP) is 1.66. The standard InChI is InChI=1S/C15H18F2N4O3.ClH/c16-15(17)9-11(18-10-15)14(22)20-7-5-19(6-8-20)12-3-1-2-4-13(12)21(23)24;/h1-4,11,18H,5-10H2;1H. The molecule has 2 heterocycles. The van der Waals surface area contributed by atoms with Crippen molar-refractivity contribution in [3.63, 3.8) is 0 Å². The maximum absolute atomic E-state index is 13.2. The van der Waals surface area contributed by atoms with Crippen LogP contribution in [0.1, 0.15) is 6.42 Å². The molecule has 1 aromatic rings. The Hall–Kier alpha value is -2.00. The molecule has 0 aromatic heterocycles. The van der Waals surface area contributed by atoms with Crippen LogP contribution in [0.25, 0.3) is 0 Å². The molecule has 1 amide bonds. The normalized spacial score (nSPS) is 22.4. The monoisotopic (exact) mass is 376 g/mol. The first kappa shape index (κ1) is 19.3. The molecule has 3 rings (SSSR count). The Morgan fingerprint density at radius 2 is 1.88 bits per heavy atom. The minimum Gasteiger partial charge on any atom is -0.362 e. The molecule has 0 radical (unpaired) electrons. The molecular formula is C15H19ClF2N4O3. The summed E-state index contributed by atoms with van der Waals surface area (Å²) in [5, 5.41) is 13.7. The summed E-state index contributed by atoms with van der Waals surface area (Å²) < 4.78 is 26.4. The van der Waals surface area contributed by atoms with Gasteiger partial charge in [0, 0.05) is 38.7 Å². The van der Waals surface area contributed by atoms with E-state index in [1.165, 1.54) is 6.07 Å². The Balaban J connectivity index is 0.00000225. The number of hydrogen-bond donors (Lipinski definition) is 1. The summed E-state index contributed by atoms with van der Waals surface area (Å²) in [6, 6.07) is 5.60. The lowest BCUT2D eigenvalue weighted by Crippen LogP contribution is -2.53. The molecule has 2 fully saturated rings. The Morgan fingerprint density at radius 1 is 1.24 bits per heavy atom. The molecule has 25 heavy (non-hydrogen) atoms. The van der Waals surface area contributed by atoms with Crippen molar-refractivity contribution in [1.82, 2.24) is 10.2 Å². The van der Waals surface area contributed by atoms with Gasteiger partial charge >= 0.3 is 0 Å². The smallest absolute Gasteiger partial charge is 0.292 e. The number of nitrogens with zero attached hydrogens (tertiary/aromatic N) is 3. The number of rotatable bonds is 3. The first-order chi connectivity index (χ1) is 11.4. The van der Waals surface area contributed by atoms with Gasteiger partial charge in [0.15, 0.2) is 0 Å². The molecule has 0 bridgehead atoms. The van der Waals surface area contributed by atoms with Crippen molar-refractivity contribution in [3.8, 4) is 0 Å². The number of piperazine rings is 1. The van der Waals surface area contributed by atoms with E-state index in [1.54, 1.807) is 23.1 Å². The highest BCUT2D eigenvalue weighted by molar-refractivity contribution is 5.85. The topological polar surface area (TPSA) is 78.7 Å². The van der Waals surface area contributed by atoms with Crippen LogP contribution in [0, 0.1) is 10.1 Å². The molecule has 0 spiro atoms. The van der Waals surface area contributed by atoms with E-state index in [1.807, 2.05) is 4.90 Å². The number of alkyl halides is 2. The molecule has 1 unspecified atom stereocenters. The lowest BCUT2D eigenvalue weighted by Gasteiger charge is -2.36. The van der Waals surface area contributed by atoms with Gasteiger partial charge in [0.2, 0.25) is 5.91 Å². The van der Waals surface area contributed by atoms with E-state index in [4.69, 9.17) is 0 Å². The summed E-state index contributed by atoms with van der Waals surface area (Å²) in [6.45, 7) is 1.10. The second-order valence-electron chi connectivity index (χ2n) is 6.05. The first-order valence-corrected chi connectivity index (χ1v) is 7.76. The maximum Gasteiger partial charge on any atom is 0.292 e. The first-order valence-electron chi connectivity index (χ1n) is 7.76. The number of amides is 1. The van der Waals surface area contributed by atoms with Crippen molar-refractivity contribution in [3.05, 3.63) is 34.4 Å². The van der Waals surface area contributed by atoms with Gasteiger partial charge in [-0.2, -0.15) is 0 Å². The molecule has 1 atom stereocenters. The summed E-state index contributed by atoms with van der Waals surface area (Å²) in [4.78, 5) is 26.4. The lowest BCUT2D eigenvalue weighted by atomic mass is 10.1. The fourth-order valence-electron chi connectivity index (χ4n) is 3.16. The van der Waals surface area contributed by atoms with Crippen LogP contribution in [-0.4, -0.2) is 60.4 Å². The third-order valence-corrected chi connectivity index (χ3v) is 4.42. The molecule has 1 N–H and O–H groups in total. The average Bonchev–Trinajstić information content (AvgIpc) is 2.94. The molecule has 2 saturated heterocycles. The zero-order valence-electron chi connectivity index (χ0n) is 13.4. The van der Waals surface area contributed by atoms with Gasteiger partial charge in [-0.15, -0.1) is 12.4 Å². The highest BCUT2D eigenvalue weighted by atomic mass is 35.5. The molecule has 0 saturated carbocycles. The van der Waals surface area contributed by atoms with Crippen LogP contribution in [0.2, 0.25) is 0 Å². The second kappa shape index (κ2) is 7.49. The zero-order valence-corrected chi connectivity index (χ0v) is 14.2. The summed E-state index contributed by atoms with van der Waals surface area (Å²) in [7, 11) is 0. The van der Waals surface area contributed by atoms with Gasteiger partial charge in [-0.05, 0) is 6.07 Å². The van der Waals surface area contributed by atoms with Crippen LogP contribution in [0.3, 0.4) is 0 Å². The molecule has 0 aliphatic carbocycles. The SMILES string of the molecule is Cl.O=C(C1CC(F)(F)CN1)N1CCN(c2ccccc2[N+](=O)[O-])CC1. The van der Waals surface area contributed by atoms with Crippen molar-refractivity contribution in [2.75, 3.05) is 37.6 Å². The number of nitro benzene ring substituents is 1. The van der Waals surface area contributed by atoms with Crippen LogP contribution in [-0.2, 0) is 4.79 Å². The van der Waals surface area contributed by atoms with E-state index >= 15 is 0 Å². The molecule has 7 nitrogen and oxygen atoms in total. The number of carbonyl (C=O) groups excluding carboxylic acids is 1. The minimum absolute atomic E-state index is 0. The summed E-state index contributed by atoms with van der Waals surface area (Å²) in [5.41, 5.74) is 0.537. The number of para-hydroxylation sites is 2. The lowest BCUT2D eigenvalue weighted by molar-refractivity contribution is -0.384. The van der Waals surface area contributed by atoms with Crippen molar-refractivity contribution in [1.29, 1.82) is 0 Å². The third-order valence-electron chi connectivity index (χ3n) is 4.42. The summed E-state index contributed by atoms with van der Waals surface area (Å²) >= 11 is 0. The van der Waals surface area contributed by atoms with E-state index in [0.29, 0.717) is 31.9 Å². The van der Waals surface area contributed by atoms with Gasteiger partial charge in [-0.25, -0.2) is 8.78 Å². The van der Waals surface area contributed by atoms with Gasteiger partial charge in [0.25, 0.3) is 11.6 Å². The van der Waals surface area contributed by atoms with Crippen LogP contribution >= 0.6 is 12.4 Å². The van der Waals surface area contributed by atoms with Crippen LogP contribution in [0.4, 0.5) is 20.2 Å². The van der Waals surface area contributed by atoms with Crippen LogP contribution in [0.5, 0.6) is 0 Å². The number of anilines is 1. The Labute approximate surface area is 149 Å². The molecule has 10 heteroatoms. The van der Waals surface area contributed by atoms with Crippen LogP contribution in [0.15, 0.2) is 24.3 Å². The van der Waals surface area contributed by atoms with E-state index < -0.39 is 29.9 Å². The molecule has 2 aliphatic heterocycles. The number of benzene rings is 1. The van der Waals surface area contributed by atoms with Crippen molar-refractivity contribution < 1.29 is 18.5 Å². The average molecular weight is 377 g/mol. The van der Waals surface area contributed by atoms with Crippen molar-refractivity contribution in [2.45, 2.75) is 18.4 Å². The van der Waals surface area contributed by atoms with Crippen LogP contribution < -0.4 is 10.2 Å². The Kier molecular flexibility index (Phi) is 5.79. The Morgan fingerprint density at radius 3 is 2.44 bits per heavy atom. The largest absolute Gasteiger partial charge is 0.362 e. The highest BCUT2D eigenvalue weighted by Crippen LogP contribution is 2.29. The van der Waals surface area contributed by atoms with Crippen molar-refractivity contribution >= 4 is 29.7 Å². The van der Waals surface area contributed by atoms with E-state index in [-0.39, 0.29) is 24.0 Å². The molecule has 2 aliphatic rings. The van der Waals surface area contributed by atoms with Gasteiger partial charge in [-0.3, -0.25) is 20.2 Å². The number of carbonyl (C=O) groups is 1. The quantitative estimate of drug-likeness (QED) is 0.641. The predicted molar refractivity (Wildman–Crippen MR) is 90.5 cm³/mol. The fourth-order valence-corrected chi connectivity index (χ4v) is 3.16. The minimum atomic E-state index is -2.84. The van der Waals surface area contributed by atoms with E-state index in [9.17, 15) is 23.7 Å². The summed E-state index contributed by atoms with van der Waals surface area (Å²) in [6.07, 6.45) is -0.476. The van der Waals surface area contributed by atoms with Gasteiger partial charge in [-0.1, -0.05) is 12.1 Å². The maximum atomic E-state index is 13.2. The number of nitrogens with one attached hydrogen (secondary N) is 1. The van der Waals surface area contributed by atoms with Gasteiger partial charge in [0.1, 0.15) is 5.69 Å². The van der Waals surface area contributed by atoms with Gasteiger partial charge < -0.3 is 9.80 Å². The molecular weight excluding hydrogens is 358 g/mol.